The van der Waals surface area contributed by atoms with Gasteiger partial charge in [-0.3, -0.25) is 9.59 Å². The first-order valence-electron chi connectivity index (χ1n) is 10.5. The van der Waals surface area contributed by atoms with E-state index >= 15 is 0 Å². The zero-order chi connectivity index (χ0) is 21.2. The molecule has 1 aliphatic rings. The highest BCUT2D eigenvalue weighted by atomic mass is 16.5. The lowest BCUT2D eigenvalue weighted by Crippen LogP contribution is -2.37. The Morgan fingerprint density at radius 2 is 1.47 bits per heavy atom. The van der Waals surface area contributed by atoms with Gasteiger partial charge in [-0.2, -0.15) is 0 Å². The number of likely N-dealkylation sites (tertiary alicyclic amines) is 1. The first kappa shape index (κ1) is 21.6. The summed E-state index contributed by atoms with van der Waals surface area (Å²) in [5.74, 6) is -1.01. The van der Waals surface area contributed by atoms with E-state index in [-0.39, 0.29) is 30.4 Å². The van der Waals surface area contributed by atoms with E-state index in [0.29, 0.717) is 18.8 Å². The molecule has 1 saturated heterocycles. The van der Waals surface area contributed by atoms with E-state index in [2.05, 4.69) is 5.32 Å². The van der Waals surface area contributed by atoms with Crippen LogP contribution in [0.4, 0.5) is 5.69 Å². The third kappa shape index (κ3) is 6.44. The van der Waals surface area contributed by atoms with Crippen molar-refractivity contribution in [2.24, 2.45) is 0 Å². The first-order chi connectivity index (χ1) is 14.6. The molecule has 0 atom stereocenters. The Hall–Kier alpha value is -3.15. The summed E-state index contributed by atoms with van der Waals surface area (Å²) in [6.07, 6.45) is 5.63. The third-order valence-electron chi connectivity index (χ3n) is 5.16. The van der Waals surface area contributed by atoms with Crippen LogP contribution in [0, 0.1) is 0 Å². The fourth-order valence-corrected chi connectivity index (χ4v) is 3.54. The number of carbonyl (C=O) groups excluding carboxylic acids is 3. The Labute approximate surface area is 177 Å². The van der Waals surface area contributed by atoms with E-state index in [9.17, 15) is 14.4 Å². The number of hydrogen-bond donors (Lipinski definition) is 1. The highest BCUT2D eigenvalue weighted by Crippen LogP contribution is 2.17. The topological polar surface area (TPSA) is 75.7 Å². The van der Waals surface area contributed by atoms with Crippen LogP contribution in [0.25, 0.3) is 0 Å². The van der Waals surface area contributed by atoms with Crippen molar-refractivity contribution in [3.8, 4) is 0 Å². The number of ether oxygens (including phenoxy) is 1. The molecule has 2 aromatic carbocycles. The smallest absolute Gasteiger partial charge is 0.340 e. The van der Waals surface area contributed by atoms with Gasteiger partial charge in [-0.1, -0.05) is 61.7 Å². The zero-order valence-corrected chi connectivity index (χ0v) is 17.1. The van der Waals surface area contributed by atoms with E-state index in [4.69, 9.17) is 4.74 Å². The minimum absolute atomic E-state index is 0.171. The van der Waals surface area contributed by atoms with Crippen LogP contribution in [0.15, 0.2) is 54.6 Å². The lowest BCUT2D eigenvalue weighted by molar-refractivity contribution is -0.134. The minimum Gasteiger partial charge on any atom is -0.452 e. The van der Waals surface area contributed by atoms with Crippen molar-refractivity contribution in [1.29, 1.82) is 0 Å². The summed E-state index contributed by atoms with van der Waals surface area (Å²) in [4.78, 5) is 39.2. The number of hydrogen-bond acceptors (Lipinski definition) is 4. The van der Waals surface area contributed by atoms with Crippen LogP contribution in [0.3, 0.4) is 0 Å². The predicted octanol–water partition coefficient (Wildman–Crippen LogP) is 3.82. The molecule has 0 saturated carbocycles. The van der Waals surface area contributed by atoms with Crippen LogP contribution in [-0.4, -0.2) is 42.4 Å². The average Bonchev–Trinajstić information content (AvgIpc) is 2.72. The molecule has 1 fully saturated rings. The van der Waals surface area contributed by atoms with Gasteiger partial charge in [0.1, 0.15) is 0 Å². The van der Waals surface area contributed by atoms with Gasteiger partial charge in [0.05, 0.1) is 17.7 Å². The summed E-state index contributed by atoms with van der Waals surface area (Å²) in [5.41, 5.74) is 1.50. The Balaban J connectivity index is 1.56. The SMILES string of the molecule is O=C(Cc1ccccc1)Nc1ccccc1C(=O)OCC(=O)N1CCCCCCC1. The second-order valence-electron chi connectivity index (χ2n) is 7.48. The van der Waals surface area contributed by atoms with Crippen molar-refractivity contribution in [1.82, 2.24) is 4.90 Å². The van der Waals surface area contributed by atoms with Gasteiger partial charge in [0, 0.05) is 13.1 Å². The normalized spacial score (nSPS) is 14.3. The Bertz CT molecular complexity index is 859. The van der Waals surface area contributed by atoms with Gasteiger partial charge in [-0.25, -0.2) is 4.79 Å². The molecule has 0 unspecified atom stereocenters. The Morgan fingerprint density at radius 3 is 2.20 bits per heavy atom. The molecule has 1 N–H and O–H groups in total. The molecule has 158 valence electrons. The Kier molecular flexibility index (Phi) is 8.01. The molecule has 6 heteroatoms. The van der Waals surface area contributed by atoms with Crippen molar-refractivity contribution in [2.75, 3.05) is 25.0 Å². The number of benzene rings is 2. The summed E-state index contributed by atoms with van der Waals surface area (Å²) >= 11 is 0. The first-order valence-corrected chi connectivity index (χ1v) is 10.5. The maximum atomic E-state index is 12.6. The van der Waals surface area contributed by atoms with Gasteiger partial charge in [-0.05, 0) is 30.5 Å². The van der Waals surface area contributed by atoms with Gasteiger partial charge in [0.15, 0.2) is 6.61 Å². The summed E-state index contributed by atoms with van der Waals surface area (Å²) in [5, 5.41) is 2.77. The van der Waals surface area contributed by atoms with E-state index in [1.807, 2.05) is 30.3 Å². The fraction of sp³-hybridized carbons (Fsp3) is 0.375. The number of nitrogens with zero attached hydrogens (tertiary/aromatic N) is 1. The molecule has 1 aliphatic heterocycles. The van der Waals surface area contributed by atoms with Crippen molar-refractivity contribution in [2.45, 2.75) is 38.5 Å². The molecular formula is C24H28N2O4. The second-order valence-corrected chi connectivity index (χ2v) is 7.48. The molecule has 0 bridgehead atoms. The van der Waals surface area contributed by atoms with Crippen molar-refractivity contribution in [3.05, 3.63) is 65.7 Å². The zero-order valence-electron chi connectivity index (χ0n) is 17.1. The molecule has 6 nitrogen and oxygen atoms in total. The maximum absolute atomic E-state index is 12.6. The van der Waals surface area contributed by atoms with Crippen LogP contribution < -0.4 is 5.32 Å². The van der Waals surface area contributed by atoms with Crippen LogP contribution >= 0.6 is 0 Å². The number of nitrogens with one attached hydrogen (secondary N) is 1. The number of anilines is 1. The fourth-order valence-electron chi connectivity index (χ4n) is 3.54. The van der Waals surface area contributed by atoms with Gasteiger partial charge in [0.25, 0.3) is 5.91 Å². The minimum atomic E-state index is -0.619. The standard InChI is InChI=1S/C24H28N2O4/c27-22(17-19-11-5-4-6-12-19)25-21-14-8-7-13-20(21)24(29)30-18-23(28)26-15-9-2-1-3-10-16-26/h4-8,11-14H,1-3,9-10,15-18H2,(H,25,27). The predicted molar refractivity (Wildman–Crippen MR) is 115 cm³/mol. The highest BCUT2D eigenvalue weighted by Gasteiger charge is 2.19. The van der Waals surface area contributed by atoms with Crippen LogP contribution in [0.2, 0.25) is 0 Å². The molecule has 0 radical (unpaired) electrons. The summed E-state index contributed by atoms with van der Waals surface area (Å²) in [6, 6.07) is 16.0. The summed E-state index contributed by atoms with van der Waals surface area (Å²) in [6.45, 7) is 1.14. The molecule has 0 aliphatic carbocycles. The second kappa shape index (κ2) is 11.1. The molecule has 2 amide bonds. The lowest BCUT2D eigenvalue weighted by atomic mass is 10.1. The maximum Gasteiger partial charge on any atom is 0.340 e. The number of para-hydroxylation sites is 1. The number of esters is 1. The molecule has 0 aromatic heterocycles. The van der Waals surface area contributed by atoms with Crippen molar-refractivity contribution < 1.29 is 19.1 Å². The third-order valence-corrected chi connectivity index (χ3v) is 5.16. The van der Waals surface area contributed by atoms with Crippen molar-refractivity contribution >= 4 is 23.5 Å². The van der Waals surface area contributed by atoms with E-state index in [1.165, 1.54) is 6.42 Å². The molecule has 0 spiro atoms. The summed E-state index contributed by atoms with van der Waals surface area (Å²) < 4.78 is 5.27. The lowest BCUT2D eigenvalue weighted by Gasteiger charge is -2.24. The van der Waals surface area contributed by atoms with Gasteiger partial charge >= 0.3 is 5.97 Å². The average molecular weight is 408 g/mol. The quantitative estimate of drug-likeness (QED) is 0.738. The molecular weight excluding hydrogens is 380 g/mol. The van der Waals surface area contributed by atoms with Crippen LogP contribution in [-0.2, 0) is 20.7 Å². The van der Waals surface area contributed by atoms with Gasteiger partial charge < -0.3 is 15.0 Å². The molecule has 3 rings (SSSR count). The largest absolute Gasteiger partial charge is 0.452 e. The van der Waals surface area contributed by atoms with Crippen LogP contribution in [0.1, 0.15) is 48.0 Å². The monoisotopic (exact) mass is 408 g/mol. The highest BCUT2D eigenvalue weighted by molar-refractivity contribution is 6.02. The van der Waals surface area contributed by atoms with Gasteiger partial charge in [0.2, 0.25) is 5.91 Å². The van der Waals surface area contributed by atoms with E-state index in [1.54, 1.807) is 29.2 Å². The van der Waals surface area contributed by atoms with Crippen LogP contribution in [0.5, 0.6) is 0 Å². The number of amides is 2. The van der Waals surface area contributed by atoms with E-state index < -0.39 is 5.97 Å². The Morgan fingerprint density at radius 1 is 0.833 bits per heavy atom. The van der Waals surface area contributed by atoms with Crippen molar-refractivity contribution in [3.63, 3.8) is 0 Å². The molecule has 30 heavy (non-hydrogen) atoms. The molecule has 1 heterocycles. The van der Waals surface area contributed by atoms with E-state index in [0.717, 1.165) is 31.2 Å². The number of carbonyl (C=O) groups is 3. The number of rotatable bonds is 6. The van der Waals surface area contributed by atoms with Gasteiger partial charge in [-0.15, -0.1) is 0 Å². The summed E-state index contributed by atoms with van der Waals surface area (Å²) in [7, 11) is 0. The molecule has 2 aromatic rings.